The molecule has 10 nitrogen and oxygen atoms in total. The first-order chi connectivity index (χ1) is 9.40. The topological polar surface area (TPSA) is 118 Å². The summed E-state index contributed by atoms with van der Waals surface area (Å²) < 4.78 is 0. The smallest absolute Gasteiger partial charge is 0.327 e. The van der Waals surface area contributed by atoms with Crippen molar-refractivity contribution in [2.24, 2.45) is 10.1 Å². The summed E-state index contributed by atoms with van der Waals surface area (Å²) in [7, 11) is 5.74. The second-order valence-corrected chi connectivity index (χ2v) is 4.24. The molecule has 1 atom stereocenters. The number of urea groups is 1. The molecule has 0 aliphatic carbocycles. The van der Waals surface area contributed by atoms with E-state index in [4.69, 9.17) is 0 Å². The van der Waals surface area contributed by atoms with Crippen molar-refractivity contribution in [1.29, 1.82) is 0 Å². The highest BCUT2D eigenvalue weighted by Crippen LogP contribution is 2.30. The normalized spacial score (nSPS) is 24.5. The Morgan fingerprint density at radius 2 is 1.90 bits per heavy atom. The first-order valence-electron chi connectivity index (χ1n) is 5.80. The van der Waals surface area contributed by atoms with Crippen LogP contribution < -0.4 is 16.1 Å². The lowest BCUT2D eigenvalue weighted by molar-refractivity contribution is -0.126. The molecule has 2 heterocycles. The quantitative estimate of drug-likeness (QED) is 0.518. The maximum atomic E-state index is 12.2. The summed E-state index contributed by atoms with van der Waals surface area (Å²) in [6.45, 7) is 0. The highest BCUT2D eigenvalue weighted by Gasteiger charge is 2.60. The molecule has 1 saturated heterocycles. The van der Waals surface area contributed by atoms with Gasteiger partial charge in [0.1, 0.15) is 0 Å². The van der Waals surface area contributed by atoms with E-state index in [2.05, 4.69) is 26.2 Å². The lowest BCUT2D eigenvalue weighted by Crippen LogP contribution is -2.61. The van der Waals surface area contributed by atoms with Gasteiger partial charge in [-0.05, 0) is 0 Å². The lowest BCUT2D eigenvalue weighted by Gasteiger charge is -2.31. The van der Waals surface area contributed by atoms with Crippen LogP contribution in [0.25, 0.3) is 0 Å². The van der Waals surface area contributed by atoms with Gasteiger partial charge in [-0.2, -0.15) is 5.10 Å². The van der Waals surface area contributed by atoms with E-state index in [0.29, 0.717) is 0 Å². The predicted octanol–water partition coefficient (Wildman–Crippen LogP) is -2.51. The van der Waals surface area contributed by atoms with Crippen LogP contribution in [0.3, 0.4) is 0 Å². The van der Waals surface area contributed by atoms with E-state index in [0.717, 1.165) is 4.90 Å². The van der Waals surface area contributed by atoms with Crippen molar-refractivity contribution in [2.75, 3.05) is 28.2 Å². The number of hydrogen-bond acceptors (Lipinski definition) is 6. The Hall–Kier alpha value is -2.65. The number of hydrogen-bond donors (Lipinski definition) is 3. The highest BCUT2D eigenvalue weighted by molar-refractivity contribution is 6.40. The number of carbonyl (C=O) groups is 3. The number of aliphatic imine (C=N–C) groups is 1. The van der Waals surface area contributed by atoms with Crippen molar-refractivity contribution < 1.29 is 14.4 Å². The summed E-state index contributed by atoms with van der Waals surface area (Å²) in [5.74, 6) is -1.13. The number of likely N-dealkylation sites (N-methyl/N-ethyl adjacent to an activating group) is 4. The van der Waals surface area contributed by atoms with Crippen LogP contribution in [0, 0.1) is 0 Å². The number of hydrazone groups is 1. The van der Waals surface area contributed by atoms with Crippen LogP contribution in [0.4, 0.5) is 4.79 Å². The van der Waals surface area contributed by atoms with Gasteiger partial charge in [-0.25, -0.2) is 9.79 Å². The molecular weight excluding hydrogens is 266 g/mol. The summed E-state index contributed by atoms with van der Waals surface area (Å²) >= 11 is 0. The Morgan fingerprint density at radius 1 is 1.25 bits per heavy atom. The fourth-order valence-corrected chi connectivity index (χ4v) is 2.11. The molecule has 0 aromatic rings. The van der Waals surface area contributed by atoms with E-state index in [1.165, 1.54) is 33.1 Å². The molecule has 4 amide bonds. The van der Waals surface area contributed by atoms with Gasteiger partial charge in [0.05, 0.1) is 0 Å². The van der Waals surface area contributed by atoms with Crippen LogP contribution in [0.1, 0.15) is 0 Å². The van der Waals surface area contributed by atoms with Crippen molar-refractivity contribution in [3.8, 4) is 0 Å². The fraction of sp³-hybridized carbons (Fsp3) is 0.500. The van der Waals surface area contributed by atoms with Crippen LogP contribution in [-0.4, -0.2) is 73.2 Å². The zero-order valence-corrected chi connectivity index (χ0v) is 11.5. The SMILES string of the molecule is CNC(=O)C1=NC2(C(=O)NC)C(=NN1)N(C)C(=O)N2C. The van der Waals surface area contributed by atoms with Crippen LogP contribution in [0.5, 0.6) is 0 Å². The number of nitrogens with zero attached hydrogens (tertiary/aromatic N) is 4. The molecule has 1 fully saturated rings. The summed E-state index contributed by atoms with van der Waals surface area (Å²) in [6, 6.07) is -0.448. The molecule has 108 valence electrons. The summed E-state index contributed by atoms with van der Waals surface area (Å²) in [4.78, 5) is 42.4. The molecule has 0 aromatic heterocycles. The number of amides is 4. The largest absolute Gasteiger partial charge is 0.355 e. The summed E-state index contributed by atoms with van der Waals surface area (Å²) in [5.41, 5.74) is 0.769. The van der Waals surface area contributed by atoms with Gasteiger partial charge in [0, 0.05) is 28.2 Å². The summed E-state index contributed by atoms with van der Waals surface area (Å²) in [6.07, 6.45) is 0. The molecule has 0 aromatic carbocycles. The summed E-state index contributed by atoms with van der Waals surface area (Å²) in [5, 5.41) is 8.76. The lowest BCUT2D eigenvalue weighted by atomic mass is 10.1. The number of carbonyl (C=O) groups excluding carboxylic acids is 3. The van der Waals surface area contributed by atoms with E-state index in [-0.39, 0.29) is 11.7 Å². The third-order valence-electron chi connectivity index (χ3n) is 3.22. The maximum Gasteiger partial charge on any atom is 0.327 e. The van der Waals surface area contributed by atoms with Gasteiger partial charge in [0.2, 0.25) is 5.84 Å². The van der Waals surface area contributed by atoms with Gasteiger partial charge in [0.25, 0.3) is 17.5 Å². The van der Waals surface area contributed by atoms with Crippen molar-refractivity contribution in [3.05, 3.63) is 0 Å². The minimum atomic E-state index is -1.67. The number of amidine groups is 2. The Balaban J connectivity index is 2.61. The van der Waals surface area contributed by atoms with Crippen molar-refractivity contribution in [2.45, 2.75) is 5.66 Å². The van der Waals surface area contributed by atoms with E-state index in [9.17, 15) is 14.4 Å². The van der Waals surface area contributed by atoms with Crippen LogP contribution >= 0.6 is 0 Å². The fourth-order valence-electron chi connectivity index (χ4n) is 2.11. The molecule has 3 N–H and O–H groups in total. The average molecular weight is 281 g/mol. The Labute approximate surface area is 114 Å². The molecule has 0 bridgehead atoms. The van der Waals surface area contributed by atoms with Crippen molar-refractivity contribution in [1.82, 2.24) is 25.9 Å². The Bertz CT molecular complexity index is 555. The van der Waals surface area contributed by atoms with E-state index in [1.54, 1.807) is 0 Å². The average Bonchev–Trinajstić information content (AvgIpc) is 2.67. The number of nitrogens with one attached hydrogen (secondary N) is 3. The van der Waals surface area contributed by atoms with E-state index >= 15 is 0 Å². The van der Waals surface area contributed by atoms with Gasteiger partial charge < -0.3 is 10.6 Å². The van der Waals surface area contributed by atoms with Gasteiger partial charge in [-0.15, -0.1) is 0 Å². The minimum absolute atomic E-state index is 0.108. The molecular formula is C10H15N7O3. The molecule has 0 spiro atoms. The maximum absolute atomic E-state index is 12.2. The van der Waals surface area contributed by atoms with Crippen LogP contribution in [0.2, 0.25) is 0 Å². The molecule has 2 aliphatic heterocycles. The van der Waals surface area contributed by atoms with Gasteiger partial charge in [0.15, 0.2) is 5.84 Å². The van der Waals surface area contributed by atoms with Gasteiger partial charge >= 0.3 is 6.03 Å². The molecule has 20 heavy (non-hydrogen) atoms. The minimum Gasteiger partial charge on any atom is -0.355 e. The molecule has 0 saturated carbocycles. The first-order valence-corrected chi connectivity index (χ1v) is 5.80. The Kier molecular flexibility index (Phi) is 3.08. The molecule has 10 heteroatoms. The Morgan fingerprint density at radius 3 is 2.45 bits per heavy atom. The molecule has 1 unspecified atom stereocenters. The molecule has 2 aliphatic rings. The first kappa shape index (κ1) is 13.8. The predicted molar refractivity (Wildman–Crippen MR) is 69.8 cm³/mol. The van der Waals surface area contributed by atoms with Crippen LogP contribution in [0.15, 0.2) is 10.1 Å². The van der Waals surface area contributed by atoms with Gasteiger partial charge in [-0.1, -0.05) is 0 Å². The van der Waals surface area contributed by atoms with Crippen LogP contribution in [-0.2, 0) is 9.59 Å². The van der Waals surface area contributed by atoms with Crippen molar-refractivity contribution in [3.63, 3.8) is 0 Å². The second kappa shape index (κ2) is 4.47. The van der Waals surface area contributed by atoms with Gasteiger partial charge in [-0.3, -0.25) is 24.8 Å². The highest BCUT2D eigenvalue weighted by atomic mass is 16.2. The monoisotopic (exact) mass is 281 g/mol. The number of rotatable bonds is 2. The van der Waals surface area contributed by atoms with E-state index < -0.39 is 23.5 Å². The third-order valence-corrected chi connectivity index (χ3v) is 3.22. The molecule has 0 radical (unpaired) electrons. The number of fused-ring (bicyclic) bond motifs is 1. The molecule has 2 rings (SSSR count). The second-order valence-electron chi connectivity index (χ2n) is 4.24. The third kappa shape index (κ3) is 1.54. The standard InChI is InChI=1S/C10H15N7O3/c1-11-6(18)5-13-10(8(19)12-2)7(15-14-5)16(3)9(20)17(10)4/h1-4H3,(H,11,18)(H,12,19)(H,13,14). The van der Waals surface area contributed by atoms with Crippen molar-refractivity contribution >= 4 is 29.5 Å². The van der Waals surface area contributed by atoms with E-state index in [1.807, 2.05) is 0 Å². The zero-order chi connectivity index (χ0) is 15.1. The zero-order valence-electron chi connectivity index (χ0n) is 11.5.